The Morgan fingerprint density at radius 3 is 3.11 bits per heavy atom. The van der Waals surface area contributed by atoms with Gasteiger partial charge >= 0.3 is 0 Å². The van der Waals surface area contributed by atoms with Crippen molar-refractivity contribution in [2.75, 3.05) is 13.1 Å². The van der Waals surface area contributed by atoms with E-state index < -0.39 is 0 Å². The molecule has 0 amide bonds. The highest BCUT2D eigenvalue weighted by Crippen LogP contribution is 2.35. The number of hydrogen-bond acceptors (Lipinski definition) is 5. The Bertz CT molecular complexity index is 528. The smallest absolute Gasteiger partial charge is 0.228 e. The lowest BCUT2D eigenvalue weighted by Gasteiger charge is -2.04. The number of rotatable bonds is 5. The highest BCUT2D eigenvalue weighted by atomic mass is 16.5. The second-order valence-electron chi connectivity index (χ2n) is 4.57. The van der Waals surface area contributed by atoms with Gasteiger partial charge in [0.05, 0.1) is 0 Å². The second-order valence-corrected chi connectivity index (χ2v) is 4.57. The normalized spacial score (nSPS) is 17.2. The highest BCUT2D eigenvalue weighted by Gasteiger charge is 2.27. The third-order valence-electron chi connectivity index (χ3n) is 3.18. The van der Waals surface area contributed by atoms with Crippen LogP contribution < -0.4 is 10.1 Å². The van der Waals surface area contributed by atoms with Crippen molar-refractivity contribution < 1.29 is 9.26 Å². The number of likely N-dealkylation sites (N-methyl/N-ethyl adjacent to an activating group) is 1. The number of nitrogens with zero attached hydrogens (tertiary/aromatic N) is 2. The quantitative estimate of drug-likeness (QED) is 0.831. The van der Waals surface area contributed by atoms with E-state index in [1.54, 1.807) is 0 Å². The van der Waals surface area contributed by atoms with Gasteiger partial charge in [-0.15, -0.1) is 0 Å². The molecule has 0 saturated heterocycles. The number of aromatic nitrogens is 2. The van der Waals surface area contributed by atoms with Crippen LogP contribution in [0.2, 0.25) is 0 Å². The molecule has 0 spiro atoms. The molecule has 0 bridgehead atoms. The predicted octanol–water partition coefficient (Wildman–Crippen LogP) is 1.90. The van der Waals surface area contributed by atoms with Crippen LogP contribution in [0.1, 0.15) is 30.3 Å². The molecule has 1 aromatic heterocycles. The summed E-state index contributed by atoms with van der Waals surface area (Å²) in [6, 6.07) is 8.03. The summed E-state index contributed by atoms with van der Waals surface area (Å²) in [5.41, 5.74) is 1.20. The summed E-state index contributed by atoms with van der Waals surface area (Å²) in [6.07, 6.45) is 1.44. The van der Waals surface area contributed by atoms with Gasteiger partial charge < -0.3 is 14.6 Å². The predicted molar refractivity (Wildman–Crippen MR) is 70.1 cm³/mol. The summed E-state index contributed by atoms with van der Waals surface area (Å²) in [7, 11) is 0. The lowest BCUT2D eigenvalue weighted by molar-refractivity contribution is 0.221. The lowest BCUT2D eigenvalue weighted by atomic mass is 10.1. The first-order valence-electron chi connectivity index (χ1n) is 6.64. The molecule has 2 heterocycles. The van der Waals surface area contributed by atoms with Crippen LogP contribution in [-0.2, 0) is 12.8 Å². The van der Waals surface area contributed by atoms with E-state index in [0.717, 1.165) is 31.7 Å². The number of hydrogen-bond donors (Lipinski definition) is 1. The number of fused-ring (bicyclic) bond motifs is 1. The van der Waals surface area contributed by atoms with Crippen molar-refractivity contribution in [3.8, 4) is 5.75 Å². The molecule has 1 aliphatic rings. The van der Waals surface area contributed by atoms with Crippen molar-refractivity contribution in [1.29, 1.82) is 0 Å². The fourth-order valence-corrected chi connectivity index (χ4v) is 2.20. The Balaban J connectivity index is 1.65. The van der Waals surface area contributed by atoms with Gasteiger partial charge in [-0.05, 0) is 18.2 Å². The number of ether oxygens (including phenoxy) is 1. The lowest BCUT2D eigenvalue weighted by Crippen LogP contribution is -2.16. The monoisotopic (exact) mass is 259 g/mol. The Kier molecular flexibility index (Phi) is 3.46. The van der Waals surface area contributed by atoms with Crippen LogP contribution in [0.5, 0.6) is 5.75 Å². The van der Waals surface area contributed by atoms with Gasteiger partial charge in [0.2, 0.25) is 11.7 Å². The molecule has 5 heteroatoms. The summed E-state index contributed by atoms with van der Waals surface area (Å²) >= 11 is 0. The van der Waals surface area contributed by atoms with Crippen LogP contribution in [0.15, 0.2) is 28.8 Å². The standard InChI is InChI=1S/C14H17N3O2/c1-2-15-8-7-13-16-14(17-19-13)12-9-10-5-3-4-6-11(10)18-12/h3-6,12,15H,2,7-9H2,1H3. The van der Waals surface area contributed by atoms with Gasteiger partial charge in [0, 0.05) is 19.4 Å². The van der Waals surface area contributed by atoms with E-state index in [0.29, 0.717) is 11.7 Å². The van der Waals surface area contributed by atoms with E-state index in [1.807, 2.05) is 18.2 Å². The molecule has 0 radical (unpaired) electrons. The minimum atomic E-state index is -0.117. The van der Waals surface area contributed by atoms with E-state index in [2.05, 4.69) is 28.4 Å². The Morgan fingerprint density at radius 1 is 1.37 bits per heavy atom. The SMILES string of the molecule is CCNCCc1nc(C2Cc3ccccc3O2)no1. The topological polar surface area (TPSA) is 60.2 Å². The average molecular weight is 259 g/mol. The van der Waals surface area contributed by atoms with Crippen molar-refractivity contribution >= 4 is 0 Å². The summed E-state index contributed by atoms with van der Waals surface area (Å²) in [4.78, 5) is 4.40. The minimum Gasteiger partial charge on any atom is -0.482 e. The molecular weight excluding hydrogens is 242 g/mol. The molecular formula is C14H17N3O2. The Labute approximate surface area is 112 Å². The maximum atomic E-state index is 5.83. The van der Waals surface area contributed by atoms with E-state index in [1.165, 1.54) is 5.56 Å². The van der Waals surface area contributed by atoms with Crippen LogP contribution >= 0.6 is 0 Å². The zero-order chi connectivity index (χ0) is 13.1. The van der Waals surface area contributed by atoms with E-state index in [4.69, 9.17) is 9.26 Å². The van der Waals surface area contributed by atoms with Crippen molar-refractivity contribution in [3.63, 3.8) is 0 Å². The first kappa shape index (κ1) is 12.2. The molecule has 0 saturated carbocycles. The molecule has 0 fully saturated rings. The third kappa shape index (κ3) is 2.61. The fourth-order valence-electron chi connectivity index (χ4n) is 2.20. The van der Waals surface area contributed by atoms with Gasteiger partial charge in [-0.2, -0.15) is 4.98 Å². The largest absolute Gasteiger partial charge is 0.482 e. The van der Waals surface area contributed by atoms with Crippen LogP contribution in [0, 0.1) is 0 Å². The van der Waals surface area contributed by atoms with Crippen LogP contribution in [0.4, 0.5) is 0 Å². The molecule has 2 aromatic rings. The molecule has 1 N–H and O–H groups in total. The first-order chi connectivity index (χ1) is 9.36. The summed E-state index contributed by atoms with van der Waals surface area (Å²) < 4.78 is 11.1. The maximum Gasteiger partial charge on any atom is 0.228 e. The van der Waals surface area contributed by atoms with Gasteiger partial charge in [0.15, 0.2) is 6.10 Å². The molecule has 0 aliphatic carbocycles. The highest BCUT2D eigenvalue weighted by molar-refractivity contribution is 5.37. The molecule has 1 atom stereocenters. The van der Waals surface area contributed by atoms with E-state index in [9.17, 15) is 0 Å². The average Bonchev–Trinajstić information content (AvgIpc) is 3.04. The summed E-state index contributed by atoms with van der Waals surface area (Å²) in [5, 5.41) is 7.25. The molecule has 1 aromatic carbocycles. The first-order valence-corrected chi connectivity index (χ1v) is 6.64. The van der Waals surface area contributed by atoms with E-state index >= 15 is 0 Å². The zero-order valence-electron chi connectivity index (χ0n) is 10.9. The molecule has 5 nitrogen and oxygen atoms in total. The second kappa shape index (κ2) is 5.40. The van der Waals surface area contributed by atoms with Gasteiger partial charge in [0.25, 0.3) is 0 Å². The number of para-hydroxylation sites is 1. The molecule has 3 rings (SSSR count). The van der Waals surface area contributed by atoms with Crippen molar-refractivity contribution in [2.45, 2.75) is 25.9 Å². The molecule has 1 unspecified atom stereocenters. The van der Waals surface area contributed by atoms with Gasteiger partial charge in [-0.25, -0.2) is 0 Å². The molecule has 19 heavy (non-hydrogen) atoms. The third-order valence-corrected chi connectivity index (χ3v) is 3.18. The van der Waals surface area contributed by atoms with E-state index in [-0.39, 0.29) is 6.10 Å². The Hall–Kier alpha value is -1.88. The maximum absolute atomic E-state index is 5.83. The zero-order valence-corrected chi connectivity index (χ0v) is 10.9. The van der Waals surface area contributed by atoms with Crippen molar-refractivity contribution in [2.24, 2.45) is 0 Å². The van der Waals surface area contributed by atoms with Crippen LogP contribution in [0.25, 0.3) is 0 Å². The van der Waals surface area contributed by atoms with Crippen LogP contribution in [0.3, 0.4) is 0 Å². The van der Waals surface area contributed by atoms with Gasteiger partial charge in [-0.3, -0.25) is 0 Å². The summed E-state index contributed by atoms with van der Waals surface area (Å²) in [6.45, 7) is 3.87. The van der Waals surface area contributed by atoms with Gasteiger partial charge in [-0.1, -0.05) is 30.3 Å². The molecule has 100 valence electrons. The minimum absolute atomic E-state index is 0.117. The molecule has 1 aliphatic heterocycles. The van der Waals surface area contributed by atoms with Crippen molar-refractivity contribution in [1.82, 2.24) is 15.5 Å². The number of nitrogens with one attached hydrogen (secondary N) is 1. The fraction of sp³-hybridized carbons (Fsp3) is 0.429. The van der Waals surface area contributed by atoms with Gasteiger partial charge in [0.1, 0.15) is 5.75 Å². The van der Waals surface area contributed by atoms with Crippen molar-refractivity contribution in [3.05, 3.63) is 41.5 Å². The van der Waals surface area contributed by atoms with Crippen LogP contribution in [-0.4, -0.2) is 23.2 Å². The number of benzene rings is 1. The Morgan fingerprint density at radius 2 is 2.26 bits per heavy atom. The summed E-state index contributed by atoms with van der Waals surface area (Å²) in [5.74, 6) is 2.23.